The molecular weight excluding hydrogens is 178 g/mol. The van der Waals surface area contributed by atoms with Crippen LogP contribution in [-0.2, 0) is 9.59 Å². The van der Waals surface area contributed by atoms with E-state index in [1.54, 1.807) is 4.90 Å². The predicted octanol–water partition coefficient (Wildman–Crippen LogP) is 1.53. The molecule has 1 amide bonds. The Kier molecular flexibility index (Phi) is 2.79. The summed E-state index contributed by atoms with van der Waals surface area (Å²) in [7, 11) is 0. The van der Waals surface area contributed by atoms with E-state index in [2.05, 4.69) is 6.58 Å². The molecule has 78 valence electrons. The van der Waals surface area contributed by atoms with E-state index >= 15 is 0 Å². The molecule has 1 rings (SSSR count). The third kappa shape index (κ3) is 1.72. The van der Waals surface area contributed by atoms with Crippen molar-refractivity contribution in [3.8, 4) is 0 Å². The van der Waals surface area contributed by atoms with Crippen LogP contribution in [0.25, 0.3) is 0 Å². The van der Waals surface area contributed by atoms with Crippen molar-refractivity contribution < 1.29 is 9.59 Å². The molecule has 0 aliphatic carbocycles. The van der Waals surface area contributed by atoms with Gasteiger partial charge in [-0.2, -0.15) is 0 Å². The van der Waals surface area contributed by atoms with Crippen LogP contribution in [0.2, 0.25) is 0 Å². The van der Waals surface area contributed by atoms with E-state index in [9.17, 15) is 9.59 Å². The first-order chi connectivity index (χ1) is 6.40. The highest BCUT2D eigenvalue weighted by atomic mass is 16.2. The molecule has 1 aliphatic rings. The molecule has 1 fully saturated rings. The monoisotopic (exact) mass is 195 g/mol. The van der Waals surface area contributed by atoms with Gasteiger partial charge < -0.3 is 4.90 Å². The Morgan fingerprint density at radius 2 is 2.00 bits per heavy atom. The maximum atomic E-state index is 11.7. The van der Waals surface area contributed by atoms with Crippen LogP contribution >= 0.6 is 0 Å². The maximum absolute atomic E-state index is 11.7. The summed E-state index contributed by atoms with van der Waals surface area (Å²) < 4.78 is 0. The molecule has 0 aromatic rings. The van der Waals surface area contributed by atoms with Crippen molar-refractivity contribution in [2.75, 3.05) is 6.54 Å². The summed E-state index contributed by atoms with van der Waals surface area (Å²) >= 11 is 0. The van der Waals surface area contributed by atoms with E-state index in [0.717, 1.165) is 6.42 Å². The molecule has 1 saturated heterocycles. The van der Waals surface area contributed by atoms with Crippen molar-refractivity contribution in [1.82, 2.24) is 4.90 Å². The first-order valence-corrected chi connectivity index (χ1v) is 4.94. The number of nitrogens with zero attached hydrogens (tertiary/aromatic N) is 1. The van der Waals surface area contributed by atoms with Gasteiger partial charge in [-0.1, -0.05) is 13.5 Å². The molecule has 14 heavy (non-hydrogen) atoms. The normalized spacial score (nSPS) is 19.1. The Labute approximate surface area is 84.8 Å². The van der Waals surface area contributed by atoms with E-state index in [1.807, 2.05) is 20.8 Å². The Bertz CT molecular complexity index is 292. The van der Waals surface area contributed by atoms with Crippen LogP contribution in [-0.4, -0.2) is 28.7 Å². The summed E-state index contributed by atoms with van der Waals surface area (Å²) in [4.78, 5) is 24.7. The van der Waals surface area contributed by atoms with Gasteiger partial charge in [0.05, 0.1) is 5.57 Å². The Balaban J connectivity index is 2.89. The van der Waals surface area contributed by atoms with E-state index in [4.69, 9.17) is 0 Å². The van der Waals surface area contributed by atoms with Crippen molar-refractivity contribution in [3.05, 3.63) is 12.2 Å². The molecule has 0 spiro atoms. The van der Waals surface area contributed by atoms with Crippen molar-refractivity contribution in [1.29, 1.82) is 0 Å². The van der Waals surface area contributed by atoms with Gasteiger partial charge in [0.15, 0.2) is 5.78 Å². The largest absolute Gasteiger partial charge is 0.333 e. The van der Waals surface area contributed by atoms with E-state index in [1.165, 1.54) is 0 Å². The SMILES string of the molecule is C=C1C(=O)CCN(C(C)(C)CC)C1=O. The molecule has 0 atom stereocenters. The highest BCUT2D eigenvalue weighted by molar-refractivity contribution is 6.20. The summed E-state index contributed by atoms with van der Waals surface area (Å²) in [5.41, 5.74) is -0.0430. The van der Waals surface area contributed by atoms with E-state index < -0.39 is 0 Å². The number of likely N-dealkylation sites (tertiary alicyclic amines) is 1. The highest BCUT2D eigenvalue weighted by Gasteiger charge is 2.35. The fraction of sp³-hybridized carbons (Fsp3) is 0.636. The minimum absolute atomic E-state index is 0.113. The third-order valence-electron chi connectivity index (χ3n) is 3.00. The Morgan fingerprint density at radius 3 is 2.50 bits per heavy atom. The lowest BCUT2D eigenvalue weighted by molar-refractivity contribution is -0.138. The Hall–Kier alpha value is -1.12. The van der Waals surface area contributed by atoms with Crippen LogP contribution in [0, 0.1) is 0 Å². The van der Waals surface area contributed by atoms with Gasteiger partial charge in [-0.15, -0.1) is 0 Å². The number of carbonyl (C=O) groups is 2. The zero-order valence-corrected chi connectivity index (χ0v) is 9.09. The third-order valence-corrected chi connectivity index (χ3v) is 3.00. The van der Waals surface area contributed by atoms with Crippen LogP contribution in [0.1, 0.15) is 33.6 Å². The van der Waals surface area contributed by atoms with Crippen molar-refractivity contribution in [2.24, 2.45) is 0 Å². The Morgan fingerprint density at radius 1 is 1.43 bits per heavy atom. The lowest BCUT2D eigenvalue weighted by atomic mass is 9.93. The lowest BCUT2D eigenvalue weighted by Crippen LogP contribution is -2.52. The minimum Gasteiger partial charge on any atom is -0.333 e. The van der Waals surface area contributed by atoms with Gasteiger partial charge in [-0.25, -0.2) is 0 Å². The number of rotatable bonds is 2. The molecule has 1 heterocycles. The number of Topliss-reactive ketones (excluding diaryl/α,β-unsaturated/α-hetero) is 1. The van der Waals surface area contributed by atoms with Gasteiger partial charge in [0.1, 0.15) is 0 Å². The van der Waals surface area contributed by atoms with Gasteiger partial charge >= 0.3 is 0 Å². The molecule has 0 saturated carbocycles. The predicted molar refractivity (Wildman–Crippen MR) is 54.8 cm³/mol. The molecule has 1 aliphatic heterocycles. The average Bonchev–Trinajstić information content (AvgIpc) is 2.14. The number of piperidine rings is 1. The zero-order valence-electron chi connectivity index (χ0n) is 9.09. The molecule has 0 aromatic heterocycles. The number of amides is 1. The molecule has 3 nitrogen and oxygen atoms in total. The molecule has 0 bridgehead atoms. The van der Waals surface area contributed by atoms with Gasteiger partial charge in [-0.05, 0) is 20.3 Å². The molecule has 0 aromatic carbocycles. The molecular formula is C11H17NO2. The fourth-order valence-corrected chi connectivity index (χ4v) is 1.52. The van der Waals surface area contributed by atoms with E-state index in [0.29, 0.717) is 13.0 Å². The van der Waals surface area contributed by atoms with Gasteiger partial charge in [0.2, 0.25) is 0 Å². The van der Waals surface area contributed by atoms with Gasteiger partial charge in [0.25, 0.3) is 5.91 Å². The quantitative estimate of drug-likeness (QED) is 0.495. The molecule has 0 N–H and O–H groups in total. The first-order valence-electron chi connectivity index (χ1n) is 4.94. The number of hydrogen-bond donors (Lipinski definition) is 0. The van der Waals surface area contributed by atoms with Crippen molar-refractivity contribution in [2.45, 2.75) is 39.2 Å². The topological polar surface area (TPSA) is 37.4 Å². The second-order valence-corrected chi connectivity index (χ2v) is 4.27. The summed E-state index contributed by atoms with van der Waals surface area (Å²) in [6.07, 6.45) is 1.29. The summed E-state index contributed by atoms with van der Waals surface area (Å²) in [6.45, 7) is 10.1. The number of carbonyl (C=O) groups excluding carboxylic acids is 2. The van der Waals surface area contributed by atoms with Crippen LogP contribution in [0.4, 0.5) is 0 Å². The van der Waals surface area contributed by atoms with Gasteiger partial charge in [-0.3, -0.25) is 9.59 Å². The standard InChI is InChI=1S/C11H17NO2/c1-5-11(3,4)12-7-6-9(13)8(2)10(12)14/h2,5-7H2,1,3-4H3. The van der Waals surface area contributed by atoms with Crippen molar-refractivity contribution >= 4 is 11.7 Å². The second kappa shape index (κ2) is 3.56. The summed E-state index contributed by atoms with van der Waals surface area (Å²) in [6, 6.07) is 0. The fourth-order valence-electron chi connectivity index (χ4n) is 1.52. The minimum atomic E-state index is -0.201. The maximum Gasteiger partial charge on any atom is 0.257 e. The van der Waals surface area contributed by atoms with Crippen LogP contribution in [0.5, 0.6) is 0 Å². The van der Waals surface area contributed by atoms with Crippen LogP contribution < -0.4 is 0 Å². The number of ketones is 1. The summed E-state index contributed by atoms with van der Waals surface area (Å²) in [5.74, 6) is -0.314. The smallest absolute Gasteiger partial charge is 0.257 e. The molecule has 0 unspecified atom stereocenters. The second-order valence-electron chi connectivity index (χ2n) is 4.27. The number of hydrogen-bond acceptors (Lipinski definition) is 2. The van der Waals surface area contributed by atoms with E-state index in [-0.39, 0.29) is 22.8 Å². The van der Waals surface area contributed by atoms with Crippen LogP contribution in [0.3, 0.4) is 0 Å². The zero-order chi connectivity index (χ0) is 10.9. The highest BCUT2D eigenvalue weighted by Crippen LogP contribution is 2.24. The first kappa shape index (κ1) is 11.0. The van der Waals surface area contributed by atoms with Crippen molar-refractivity contribution in [3.63, 3.8) is 0 Å². The van der Waals surface area contributed by atoms with Gasteiger partial charge in [0, 0.05) is 18.5 Å². The summed E-state index contributed by atoms with van der Waals surface area (Å²) in [5, 5.41) is 0. The average molecular weight is 195 g/mol. The van der Waals surface area contributed by atoms with Crippen LogP contribution in [0.15, 0.2) is 12.2 Å². The molecule has 3 heteroatoms. The lowest BCUT2D eigenvalue weighted by Gasteiger charge is -2.40. The molecule has 0 radical (unpaired) electrons.